The molecule has 2 amide bonds. The first kappa shape index (κ1) is 10.5. The van der Waals surface area contributed by atoms with Crippen LogP contribution in [0.5, 0.6) is 11.5 Å². The van der Waals surface area contributed by atoms with Gasteiger partial charge in [0.1, 0.15) is 11.5 Å². The Morgan fingerprint density at radius 1 is 0.889 bits per heavy atom. The molecule has 1 N–H and O–H groups in total. The van der Waals surface area contributed by atoms with E-state index in [-0.39, 0.29) is 11.8 Å². The zero-order chi connectivity index (χ0) is 12.5. The Kier molecular flexibility index (Phi) is 2.34. The van der Waals surface area contributed by atoms with Gasteiger partial charge in [-0.1, -0.05) is 12.1 Å². The number of carbonyl (C=O) groups excluding carboxylic acids is 2. The van der Waals surface area contributed by atoms with Crippen molar-refractivity contribution < 1.29 is 14.3 Å². The molecule has 0 aromatic heterocycles. The molecule has 87 valence electrons. The molecule has 0 aliphatic carbocycles. The van der Waals surface area contributed by atoms with Gasteiger partial charge in [0, 0.05) is 0 Å². The Bertz CT molecular complexity index is 635. The molecule has 2 aromatic carbocycles. The molecule has 0 fully saturated rings. The van der Waals surface area contributed by atoms with Crippen LogP contribution in [0, 0.1) is 6.07 Å². The average Bonchev–Trinajstić information content (AvgIpc) is 2.66. The van der Waals surface area contributed by atoms with Crippen molar-refractivity contribution >= 4 is 11.8 Å². The second-order valence-corrected chi connectivity index (χ2v) is 3.83. The highest BCUT2D eigenvalue weighted by Gasteiger charge is 2.26. The predicted molar refractivity (Wildman–Crippen MR) is 63.6 cm³/mol. The number of imide groups is 1. The van der Waals surface area contributed by atoms with Crippen LogP contribution in [-0.4, -0.2) is 11.8 Å². The zero-order valence-electron chi connectivity index (χ0n) is 9.27. The molecule has 1 radical (unpaired) electrons. The quantitative estimate of drug-likeness (QED) is 0.816. The molecular weight excluding hydrogens is 230 g/mol. The van der Waals surface area contributed by atoms with E-state index in [0.717, 1.165) is 0 Å². The molecule has 0 spiro atoms. The van der Waals surface area contributed by atoms with E-state index in [4.69, 9.17) is 4.74 Å². The summed E-state index contributed by atoms with van der Waals surface area (Å²) in [5.74, 6) is 0.418. The first-order chi connectivity index (χ1) is 8.74. The fraction of sp³-hybridized carbons (Fsp3) is 0. The van der Waals surface area contributed by atoms with Gasteiger partial charge in [0.15, 0.2) is 0 Å². The van der Waals surface area contributed by atoms with Crippen molar-refractivity contribution in [3.05, 3.63) is 59.7 Å². The van der Waals surface area contributed by atoms with Crippen LogP contribution in [0.2, 0.25) is 0 Å². The number of carbonyl (C=O) groups is 2. The molecule has 2 aromatic rings. The summed E-state index contributed by atoms with van der Waals surface area (Å²) in [7, 11) is 0. The Morgan fingerprint density at radius 3 is 2.39 bits per heavy atom. The Hall–Kier alpha value is -2.62. The van der Waals surface area contributed by atoms with Crippen molar-refractivity contribution in [2.45, 2.75) is 0 Å². The first-order valence-electron chi connectivity index (χ1n) is 5.38. The lowest BCUT2D eigenvalue weighted by molar-refractivity contribution is 0.0879. The lowest BCUT2D eigenvalue weighted by Crippen LogP contribution is -2.19. The highest BCUT2D eigenvalue weighted by atomic mass is 16.5. The number of nitrogens with one attached hydrogen (secondary N) is 1. The largest absolute Gasteiger partial charge is 0.457 e. The molecule has 0 saturated heterocycles. The summed E-state index contributed by atoms with van der Waals surface area (Å²) >= 11 is 0. The van der Waals surface area contributed by atoms with Crippen LogP contribution in [-0.2, 0) is 0 Å². The molecule has 0 bridgehead atoms. The molecular formula is C14H8NO3. The maximum atomic E-state index is 11.5. The van der Waals surface area contributed by atoms with Crippen molar-refractivity contribution in [3.8, 4) is 11.5 Å². The second-order valence-electron chi connectivity index (χ2n) is 3.83. The van der Waals surface area contributed by atoms with Crippen LogP contribution in [0.1, 0.15) is 20.7 Å². The number of hydrogen-bond donors (Lipinski definition) is 1. The maximum Gasteiger partial charge on any atom is 0.259 e. The second kappa shape index (κ2) is 4.00. The van der Waals surface area contributed by atoms with Gasteiger partial charge in [0.05, 0.1) is 11.1 Å². The summed E-state index contributed by atoms with van der Waals surface area (Å²) in [5.41, 5.74) is 0.730. The van der Waals surface area contributed by atoms with E-state index in [2.05, 4.69) is 11.4 Å². The highest BCUT2D eigenvalue weighted by Crippen LogP contribution is 2.25. The maximum absolute atomic E-state index is 11.5. The Labute approximate surface area is 103 Å². The van der Waals surface area contributed by atoms with Gasteiger partial charge in [-0.15, -0.1) is 0 Å². The number of fused-ring (bicyclic) bond motifs is 1. The van der Waals surface area contributed by atoms with Crippen molar-refractivity contribution in [2.75, 3.05) is 0 Å². The van der Waals surface area contributed by atoms with Crippen LogP contribution in [0.4, 0.5) is 0 Å². The van der Waals surface area contributed by atoms with Crippen LogP contribution in [0.25, 0.3) is 0 Å². The van der Waals surface area contributed by atoms with Crippen LogP contribution in [0.15, 0.2) is 42.5 Å². The monoisotopic (exact) mass is 238 g/mol. The average molecular weight is 238 g/mol. The zero-order valence-corrected chi connectivity index (χ0v) is 9.27. The van der Waals surface area contributed by atoms with Gasteiger partial charge >= 0.3 is 0 Å². The van der Waals surface area contributed by atoms with E-state index in [1.807, 2.05) is 0 Å². The van der Waals surface area contributed by atoms with Crippen LogP contribution >= 0.6 is 0 Å². The lowest BCUT2D eigenvalue weighted by Gasteiger charge is -2.05. The predicted octanol–water partition coefficient (Wildman–Crippen LogP) is 2.16. The Balaban J connectivity index is 1.94. The van der Waals surface area contributed by atoms with Crippen molar-refractivity contribution in [2.24, 2.45) is 0 Å². The highest BCUT2D eigenvalue weighted by molar-refractivity contribution is 6.21. The van der Waals surface area contributed by atoms with Crippen LogP contribution in [0.3, 0.4) is 0 Å². The minimum absolute atomic E-state index is 0.347. The van der Waals surface area contributed by atoms with E-state index in [9.17, 15) is 9.59 Å². The van der Waals surface area contributed by atoms with E-state index in [1.165, 1.54) is 0 Å². The molecule has 18 heavy (non-hydrogen) atoms. The van der Waals surface area contributed by atoms with Gasteiger partial charge in [-0.05, 0) is 36.4 Å². The SMILES string of the molecule is O=C1NC(=O)c2cc(Oc3cc[c]cc3)ccc21. The molecule has 0 saturated carbocycles. The van der Waals surface area contributed by atoms with Crippen molar-refractivity contribution in [1.82, 2.24) is 5.32 Å². The molecule has 4 nitrogen and oxygen atoms in total. The summed E-state index contributed by atoms with van der Waals surface area (Å²) in [6.07, 6.45) is 0. The first-order valence-corrected chi connectivity index (χ1v) is 5.38. The number of benzene rings is 2. The van der Waals surface area contributed by atoms with Crippen molar-refractivity contribution in [1.29, 1.82) is 0 Å². The smallest absolute Gasteiger partial charge is 0.259 e. The van der Waals surface area contributed by atoms with Gasteiger partial charge in [0.25, 0.3) is 11.8 Å². The van der Waals surface area contributed by atoms with E-state index < -0.39 is 0 Å². The fourth-order valence-corrected chi connectivity index (χ4v) is 1.79. The molecule has 1 aliphatic rings. The minimum Gasteiger partial charge on any atom is -0.457 e. The summed E-state index contributed by atoms with van der Waals surface area (Å²) < 4.78 is 5.58. The van der Waals surface area contributed by atoms with Gasteiger partial charge in [-0.25, -0.2) is 0 Å². The van der Waals surface area contributed by atoms with Gasteiger partial charge in [0.2, 0.25) is 0 Å². The van der Waals surface area contributed by atoms with Gasteiger partial charge in [-0.2, -0.15) is 0 Å². The summed E-state index contributed by atoms with van der Waals surface area (Å²) in [5, 5.41) is 2.23. The molecule has 3 rings (SSSR count). The third-order valence-corrected chi connectivity index (χ3v) is 2.63. The van der Waals surface area contributed by atoms with E-state index in [1.54, 1.807) is 42.5 Å². The number of ether oxygens (including phenoxy) is 1. The Morgan fingerprint density at radius 2 is 1.61 bits per heavy atom. The van der Waals surface area contributed by atoms with E-state index >= 15 is 0 Å². The fourth-order valence-electron chi connectivity index (χ4n) is 1.79. The summed E-state index contributed by atoms with van der Waals surface area (Å²) in [4.78, 5) is 22.9. The van der Waals surface area contributed by atoms with E-state index in [0.29, 0.717) is 22.6 Å². The normalized spacial score (nSPS) is 13.1. The molecule has 0 atom stereocenters. The standard InChI is InChI=1S/C14H8NO3/c16-13-11-7-6-10(8-12(11)14(17)15-13)18-9-4-2-1-3-5-9/h2-8H,(H,15,16,17). The summed E-state index contributed by atoms with van der Waals surface area (Å²) in [6.45, 7) is 0. The number of amides is 2. The third-order valence-electron chi connectivity index (χ3n) is 2.63. The molecule has 4 heteroatoms. The van der Waals surface area contributed by atoms with Gasteiger partial charge < -0.3 is 4.74 Å². The molecule has 1 heterocycles. The number of hydrogen-bond acceptors (Lipinski definition) is 3. The minimum atomic E-state index is -0.387. The topological polar surface area (TPSA) is 55.4 Å². The van der Waals surface area contributed by atoms with Gasteiger partial charge in [-0.3, -0.25) is 14.9 Å². The molecule has 0 unspecified atom stereocenters. The third kappa shape index (κ3) is 1.73. The number of rotatable bonds is 2. The molecule has 1 aliphatic heterocycles. The summed E-state index contributed by atoms with van der Waals surface area (Å²) in [6, 6.07) is 14.7. The van der Waals surface area contributed by atoms with Crippen molar-refractivity contribution in [3.63, 3.8) is 0 Å². The lowest BCUT2D eigenvalue weighted by atomic mass is 10.1. The van der Waals surface area contributed by atoms with Crippen LogP contribution < -0.4 is 10.1 Å².